The van der Waals surface area contributed by atoms with Crippen LogP contribution in [0.4, 0.5) is 0 Å². The molecular weight excluding hydrogens is 272 g/mol. The van der Waals surface area contributed by atoms with Gasteiger partial charge < -0.3 is 10.2 Å². The second-order valence-corrected chi connectivity index (χ2v) is 6.64. The standard InChI is InChI=1S/C20H32O2/c1-15-7-5-9-16(2)11-12-19(18(4)14-21)20(22)13-17(3)10-6-8-15/h8-9,13,19-22H,4-7,10-12,14H2,1-3H3/b15-8+,16-9+,17-13+/t19-,20-/m0/s1. The van der Waals surface area contributed by atoms with Crippen molar-refractivity contribution in [1.82, 2.24) is 0 Å². The van der Waals surface area contributed by atoms with Crippen LogP contribution < -0.4 is 0 Å². The van der Waals surface area contributed by atoms with Gasteiger partial charge in [-0.15, -0.1) is 0 Å². The van der Waals surface area contributed by atoms with E-state index in [1.54, 1.807) is 0 Å². The molecule has 0 spiro atoms. The summed E-state index contributed by atoms with van der Waals surface area (Å²) in [7, 11) is 0. The summed E-state index contributed by atoms with van der Waals surface area (Å²) in [5.74, 6) is -0.0662. The van der Waals surface area contributed by atoms with Crippen molar-refractivity contribution >= 4 is 0 Å². The molecule has 1 aliphatic carbocycles. The molecule has 22 heavy (non-hydrogen) atoms. The van der Waals surface area contributed by atoms with Crippen LogP contribution in [-0.4, -0.2) is 22.9 Å². The summed E-state index contributed by atoms with van der Waals surface area (Å²) in [6.07, 6.45) is 12.0. The minimum atomic E-state index is -0.555. The van der Waals surface area contributed by atoms with Crippen LogP contribution in [0.2, 0.25) is 0 Å². The molecule has 2 heteroatoms. The summed E-state index contributed by atoms with van der Waals surface area (Å²) in [6.45, 7) is 10.3. The van der Waals surface area contributed by atoms with Crippen molar-refractivity contribution in [2.75, 3.05) is 6.61 Å². The summed E-state index contributed by atoms with van der Waals surface area (Å²) >= 11 is 0. The maximum absolute atomic E-state index is 10.5. The lowest BCUT2D eigenvalue weighted by molar-refractivity contribution is 0.155. The van der Waals surface area contributed by atoms with Crippen molar-refractivity contribution in [2.45, 2.75) is 65.4 Å². The molecule has 2 atom stereocenters. The van der Waals surface area contributed by atoms with Gasteiger partial charge in [-0.2, -0.15) is 0 Å². The van der Waals surface area contributed by atoms with Crippen LogP contribution in [0.5, 0.6) is 0 Å². The van der Waals surface area contributed by atoms with Crippen LogP contribution >= 0.6 is 0 Å². The zero-order chi connectivity index (χ0) is 16.5. The number of aliphatic hydroxyl groups excluding tert-OH is 2. The zero-order valence-electron chi connectivity index (χ0n) is 14.4. The van der Waals surface area contributed by atoms with E-state index in [0.717, 1.165) is 44.1 Å². The van der Waals surface area contributed by atoms with Gasteiger partial charge in [-0.3, -0.25) is 0 Å². The molecule has 0 heterocycles. The van der Waals surface area contributed by atoms with Crippen molar-refractivity contribution in [3.8, 4) is 0 Å². The molecular formula is C20H32O2. The minimum absolute atomic E-state index is 0.0562. The molecule has 2 nitrogen and oxygen atoms in total. The summed E-state index contributed by atoms with van der Waals surface area (Å²) in [4.78, 5) is 0. The highest BCUT2D eigenvalue weighted by Crippen LogP contribution is 2.25. The lowest BCUT2D eigenvalue weighted by atomic mass is 9.87. The SMILES string of the molecule is C=C(CO)[C@@H]1CC/C(C)=C/CC/C(C)=C/CC/C(C)=C/[C@@H]1O. The van der Waals surface area contributed by atoms with Gasteiger partial charge in [0.05, 0.1) is 12.7 Å². The van der Waals surface area contributed by atoms with E-state index < -0.39 is 6.10 Å². The van der Waals surface area contributed by atoms with E-state index in [0.29, 0.717) is 0 Å². The number of aliphatic hydroxyl groups is 2. The fourth-order valence-electron chi connectivity index (χ4n) is 2.90. The van der Waals surface area contributed by atoms with E-state index in [2.05, 4.69) is 39.5 Å². The third kappa shape index (κ3) is 6.76. The highest BCUT2D eigenvalue weighted by molar-refractivity contribution is 5.14. The van der Waals surface area contributed by atoms with Gasteiger partial charge in [-0.05, 0) is 64.9 Å². The summed E-state index contributed by atoms with van der Waals surface area (Å²) in [5.41, 5.74) is 4.73. The van der Waals surface area contributed by atoms with E-state index in [9.17, 15) is 10.2 Å². The third-order valence-corrected chi connectivity index (χ3v) is 4.51. The Morgan fingerprint density at radius 3 is 2.18 bits per heavy atom. The predicted molar refractivity (Wildman–Crippen MR) is 94.7 cm³/mol. The molecule has 0 bridgehead atoms. The van der Waals surface area contributed by atoms with Crippen molar-refractivity contribution in [1.29, 1.82) is 0 Å². The fourth-order valence-corrected chi connectivity index (χ4v) is 2.90. The molecule has 0 unspecified atom stereocenters. The average molecular weight is 304 g/mol. The fraction of sp³-hybridized carbons (Fsp3) is 0.600. The highest BCUT2D eigenvalue weighted by atomic mass is 16.3. The first-order valence-corrected chi connectivity index (χ1v) is 8.39. The molecule has 0 aromatic carbocycles. The van der Waals surface area contributed by atoms with E-state index in [4.69, 9.17) is 0 Å². The van der Waals surface area contributed by atoms with Gasteiger partial charge in [0.2, 0.25) is 0 Å². The monoisotopic (exact) mass is 304 g/mol. The van der Waals surface area contributed by atoms with Crippen molar-refractivity contribution in [3.05, 3.63) is 47.1 Å². The van der Waals surface area contributed by atoms with Gasteiger partial charge in [0.15, 0.2) is 0 Å². The molecule has 0 saturated carbocycles. The Labute approximate surface area is 135 Å². The van der Waals surface area contributed by atoms with Gasteiger partial charge in [-0.25, -0.2) is 0 Å². The number of rotatable bonds is 2. The molecule has 1 aliphatic rings. The van der Waals surface area contributed by atoms with E-state index in [1.807, 2.05) is 6.08 Å². The Kier molecular flexibility index (Phi) is 8.44. The molecule has 0 radical (unpaired) electrons. The lowest BCUT2D eigenvalue weighted by Gasteiger charge is -2.23. The molecule has 2 N–H and O–H groups in total. The van der Waals surface area contributed by atoms with Crippen LogP contribution in [0, 0.1) is 5.92 Å². The van der Waals surface area contributed by atoms with Crippen LogP contribution in [0.1, 0.15) is 59.3 Å². The molecule has 0 saturated heterocycles. The Hall–Kier alpha value is -1.12. The Bertz CT molecular complexity index is 454. The van der Waals surface area contributed by atoms with E-state index >= 15 is 0 Å². The first-order chi connectivity index (χ1) is 10.4. The molecule has 124 valence electrons. The van der Waals surface area contributed by atoms with Crippen LogP contribution in [0.15, 0.2) is 47.1 Å². The average Bonchev–Trinajstić information content (AvgIpc) is 2.46. The lowest BCUT2D eigenvalue weighted by Crippen LogP contribution is -2.22. The largest absolute Gasteiger partial charge is 0.392 e. The quantitative estimate of drug-likeness (QED) is 0.726. The Morgan fingerprint density at radius 2 is 1.59 bits per heavy atom. The maximum Gasteiger partial charge on any atom is 0.0789 e. The van der Waals surface area contributed by atoms with Crippen LogP contribution in [0.25, 0.3) is 0 Å². The van der Waals surface area contributed by atoms with Gasteiger partial charge in [0, 0.05) is 5.92 Å². The number of hydrogen-bond donors (Lipinski definition) is 2. The van der Waals surface area contributed by atoms with Crippen molar-refractivity contribution < 1.29 is 10.2 Å². The maximum atomic E-state index is 10.5. The topological polar surface area (TPSA) is 40.5 Å². The predicted octanol–water partition coefficient (Wildman–Crippen LogP) is 4.71. The number of allylic oxidation sites excluding steroid dienone is 5. The first kappa shape index (κ1) is 18.9. The van der Waals surface area contributed by atoms with Gasteiger partial charge in [0.1, 0.15) is 0 Å². The Morgan fingerprint density at radius 1 is 1.05 bits per heavy atom. The third-order valence-electron chi connectivity index (χ3n) is 4.51. The molecule has 0 amide bonds. The Balaban J connectivity index is 2.93. The van der Waals surface area contributed by atoms with Crippen LogP contribution in [0.3, 0.4) is 0 Å². The molecule has 0 fully saturated rings. The minimum Gasteiger partial charge on any atom is -0.392 e. The smallest absolute Gasteiger partial charge is 0.0789 e. The molecule has 1 rings (SSSR count). The molecule has 0 aromatic heterocycles. The zero-order valence-corrected chi connectivity index (χ0v) is 14.4. The van der Waals surface area contributed by atoms with Gasteiger partial charge >= 0.3 is 0 Å². The molecule has 0 aromatic rings. The second kappa shape index (κ2) is 9.81. The summed E-state index contributed by atoms with van der Waals surface area (Å²) in [6, 6.07) is 0. The second-order valence-electron chi connectivity index (χ2n) is 6.64. The number of hydrogen-bond acceptors (Lipinski definition) is 2. The highest BCUT2D eigenvalue weighted by Gasteiger charge is 2.20. The van der Waals surface area contributed by atoms with E-state index in [1.165, 1.54) is 16.7 Å². The van der Waals surface area contributed by atoms with Crippen LogP contribution in [-0.2, 0) is 0 Å². The van der Waals surface area contributed by atoms with Gasteiger partial charge in [0.25, 0.3) is 0 Å². The van der Waals surface area contributed by atoms with E-state index in [-0.39, 0.29) is 12.5 Å². The first-order valence-electron chi connectivity index (χ1n) is 8.39. The molecule has 0 aliphatic heterocycles. The summed E-state index contributed by atoms with van der Waals surface area (Å²) < 4.78 is 0. The van der Waals surface area contributed by atoms with Crippen molar-refractivity contribution in [2.24, 2.45) is 5.92 Å². The summed E-state index contributed by atoms with van der Waals surface area (Å²) in [5, 5.41) is 19.9. The van der Waals surface area contributed by atoms with Gasteiger partial charge in [-0.1, -0.05) is 41.5 Å². The van der Waals surface area contributed by atoms with Crippen molar-refractivity contribution in [3.63, 3.8) is 0 Å². The normalized spacial score (nSPS) is 32.7.